The Balaban J connectivity index is 1.27. The maximum absolute atomic E-state index is 14.6. The van der Waals surface area contributed by atoms with Crippen LogP contribution in [0, 0.1) is 5.92 Å². The van der Waals surface area contributed by atoms with E-state index in [0.717, 1.165) is 17.5 Å². The highest BCUT2D eigenvalue weighted by atomic mass is 31.2. The van der Waals surface area contributed by atoms with Gasteiger partial charge in [-0.3, -0.25) is 18.7 Å². The molecule has 352 valence electrons. The Bertz CT molecular complexity index is 2080. The van der Waals surface area contributed by atoms with E-state index in [2.05, 4.69) is 21.3 Å². The van der Waals surface area contributed by atoms with E-state index in [0.29, 0.717) is 50.5 Å². The molecule has 2 fully saturated rings. The maximum atomic E-state index is 14.6. The Labute approximate surface area is 380 Å². The summed E-state index contributed by atoms with van der Waals surface area (Å²) in [4.78, 5) is 91.2. The van der Waals surface area contributed by atoms with Crippen molar-refractivity contribution in [1.29, 1.82) is 0 Å². The number of nitrogens with zero attached hydrogens (tertiary/aromatic N) is 1. The molecule has 6 atom stereocenters. The fourth-order valence-corrected chi connectivity index (χ4v) is 9.39. The van der Waals surface area contributed by atoms with E-state index in [4.69, 9.17) is 14.0 Å². The van der Waals surface area contributed by atoms with Crippen LogP contribution >= 0.6 is 7.60 Å². The van der Waals surface area contributed by atoms with Crippen molar-refractivity contribution >= 4 is 43.6 Å². The predicted molar refractivity (Wildman–Crippen MR) is 240 cm³/mol. The van der Waals surface area contributed by atoms with Gasteiger partial charge in [0.15, 0.2) is 6.10 Å². The molecule has 1 aliphatic heterocycles. The minimum absolute atomic E-state index is 0.0311. The van der Waals surface area contributed by atoms with E-state index in [1.165, 1.54) is 0 Å². The normalized spacial score (nSPS) is 19.3. The molecule has 0 bridgehead atoms. The van der Waals surface area contributed by atoms with E-state index >= 15 is 0 Å². The van der Waals surface area contributed by atoms with Crippen LogP contribution in [0.3, 0.4) is 0 Å². The summed E-state index contributed by atoms with van der Waals surface area (Å²) < 4.78 is 30.1. The van der Waals surface area contributed by atoms with Crippen LogP contribution in [-0.4, -0.2) is 94.1 Å². The molecular weight excluding hydrogens is 858 g/mol. The molecule has 3 aromatic rings. The van der Waals surface area contributed by atoms with E-state index in [1.54, 1.807) is 37.3 Å². The van der Waals surface area contributed by atoms with Gasteiger partial charge in [-0.05, 0) is 75.0 Å². The van der Waals surface area contributed by atoms with E-state index in [-0.39, 0.29) is 70.4 Å². The second-order valence-corrected chi connectivity index (χ2v) is 18.7. The van der Waals surface area contributed by atoms with Crippen molar-refractivity contribution < 1.29 is 61.8 Å². The van der Waals surface area contributed by atoms with Crippen LogP contribution in [0.1, 0.15) is 94.2 Å². The van der Waals surface area contributed by atoms with Crippen LogP contribution in [0.25, 0.3) is 0 Å². The zero-order valence-corrected chi connectivity index (χ0v) is 37.8. The number of hydrogen-bond acceptors (Lipinski definition) is 10. The van der Waals surface area contributed by atoms with Crippen molar-refractivity contribution in [3.05, 3.63) is 108 Å². The summed E-state index contributed by atoms with van der Waals surface area (Å²) in [5, 5.41) is 21.3. The molecule has 0 spiro atoms. The molecule has 1 aliphatic carbocycles. The molecule has 2 aliphatic rings. The number of hydrogen-bond donors (Lipinski definition) is 6. The van der Waals surface area contributed by atoms with Gasteiger partial charge >= 0.3 is 31.8 Å². The third-order valence-electron chi connectivity index (χ3n) is 12.0. The molecule has 3 aromatic carbocycles. The number of amides is 6. The number of rotatable bonds is 24. The SMILES string of the molecule is C[C@@H]1CCC[N+]1(C(=O)O)C(=O)C(CCCCNC(=O)OCc1ccccc1)OP(=O)(O)[C@@H](Cc1ccccc1)NC(=O)[C@H](CCCCNC(=O)OCc1ccccc1)NC(=O)C1CCC1. The van der Waals surface area contributed by atoms with Gasteiger partial charge in [-0.2, -0.15) is 9.28 Å². The lowest BCUT2D eigenvalue weighted by atomic mass is 9.84. The van der Waals surface area contributed by atoms with E-state index in [9.17, 15) is 43.3 Å². The van der Waals surface area contributed by atoms with Gasteiger partial charge < -0.3 is 40.7 Å². The summed E-state index contributed by atoms with van der Waals surface area (Å²) in [6.45, 7) is 2.14. The second kappa shape index (κ2) is 25.2. The first-order valence-electron chi connectivity index (χ1n) is 22.5. The van der Waals surface area contributed by atoms with Crippen molar-refractivity contribution in [2.45, 2.75) is 121 Å². The van der Waals surface area contributed by atoms with Crippen molar-refractivity contribution in [1.82, 2.24) is 21.3 Å². The number of carbonyl (C=O) groups excluding carboxylic acids is 5. The Hall–Kier alpha value is -5.61. The molecule has 5 rings (SSSR count). The van der Waals surface area contributed by atoms with Gasteiger partial charge in [0.05, 0.1) is 6.54 Å². The fourth-order valence-electron chi connectivity index (χ4n) is 7.95. The summed E-state index contributed by atoms with van der Waals surface area (Å²) in [6, 6.07) is 25.2. The standard InChI is InChI=1S/C47H62N5O12P/c1-34-17-16-30-52(34,47(58)59)44(55)40(27-12-14-29-49-46(57)63-33-37-22-9-4-10-23-37)64-65(60,61)41(31-35-18-5-2-6-19-35)51-43(54)39(50-42(53)38-24-15-25-38)26-11-13-28-48-45(56)62-32-36-20-7-3-8-21-36/h2-10,18-23,34,38-41H,11-17,24-33H2,1H3,(H5-,48,49,50,51,53,54,56,57,58,59,60,61)/p+1/t34-,39+,40?,41+,52?/m1/s1. The van der Waals surface area contributed by atoms with Crippen LogP contribution < -0.4 is 21.3 Å². The number of alkyl carbamates (subject to hydrolysis) is 2. The first kappa shape index (κ1) is 50.4. The third-order valence-corrected chi connectivity index (χ3v) is 13.7. The quantitative estimate of drug-likeness (QED) is 0.0305. The lowest BCUT2D eigenvalue weighted by Crippen LogP contribution is -2.62. The Morgan fingerprint density at radius 1 is 0.708 bits per heavy atom. The molecule has 18 heteroatoms. The molecule has 0 radical (unpaired) electrons. The maximum Gasteiger partial charge on any atom is 0.521 e. The molecular formula is C47H63N5O12P+. The van der Waals surface area contributed by atoms with E-state index in [1.807, 2.05) is 60.7 Å². The van der Waals surface area contributed by atoms with Gasteiger partial charge in [0.1, 0.15) is 31.1 Å². The molecule has 1 saturated carbocycles. The van der Waals surface area contributed by atoms with E-state index < -0.39 is 66.1 Å². The molecule has 3 unspecified atom stereocenters. The molecule has 6 N–H and O–H groups in total. The monoisotopic (exact) mass is 920 g/mol. The zero-order chi connectivity index (χ0) is 46.7. The van der Waals surface area contributed by atoms with Crippen LogP contribution in [0.2, 0.25) is 0 Å². The van der Waals surface area contributed by atoms with Gasteiger partial charge in [-0.25, -0.2) is 14.4 Å². The molecule has 1 saturated heterocycles. The first-order valence-corrected chi connectivity index (χ1v) is 24.1. The summed E-state index contributed by atoms with van der Waals surface area (Å²) in [5.74, 6) is -3.83. The average molecular weight is 921 g/mol. The predicted octanol–water partition coefficient (Wildman–Crippen LogP) is 6.92. The summed E-state index contributed by atoms with van der Waals surface area (Å²) in [6.07, 6.45) is -0.196. The summed E-state index contributed by atoms with van der Waals surface area (Å²) >= 11 is 0. The largest absolute Gasteiger partial charge is 0.521 e. The summed E-state index contributed by atoms with van der Waals surface area (Å²) in [7, 11) is -5.05. The smallest absolute Gasteiger partial charge is 0.445 e. The number of unbranched alkanes of at least 4 members (excludes halogenated alkanes) is 2. The molecule has 0 aromatic heterocycles. The van der Waals surface area contributed by atoms with Gasteiger partial charge in [0.2, 0.25) is 11.8 Å². The lowest BCUT2D eigenvalue weighted by Gasteiger charge is -2.34. The number of carboxylic acid groups (broad SMARTS) is 1. The third kappa shape index (κ3) is 15.2. The van der Waals surface area contributed by atoms with Crippen molar-refractivity contribution in [3.63, 3.8) is 0 Å². The van der Waals surface area contributed by atoms with Gasteiger partial charge in [0.25, 0.3) is 0 Å². The minimum atomic E-state index is -5.05. The van der Waals surface area contributed by atoms with Gasteiger partial charge in [0, 0.05) is 38.3 Å². The fraction of sp³-hybridized carbons (Fsp3) is 0.489. The summed E-state index contributed by atoms with van der Waals surface area (Å²) in [5.41, 5.74) is 2.20. The number of ether oxygens (including phenoxy) is 2. The Morgan fingerprint density at radius 2 is 1.23 bits per heavy atom. The van der Waals surface area contributed by atoms with Crippen LogP contribution in [0.4, 0.5) is 14.4 Å². The Kier molecular flexibility index (Phi) is 19.5. The average Bonchev–Trinajstić information content (AvgIpc) is 3.68. The van der Waals surface area contributed by atoms with Crippen LogP contribution in [0.5, 0.6) is 0 Å². The number of imide groups is 1. The number of benzene rings is 3. The van der Waals surface area contributed by atoms with Gasteiger partial charge in [-0.15, -0.1) is 0 Å². The highest BCUT2D eigenvalue weighted by molar-refractivity contribution is 7.53. The highest BCUT2D eigenvalue weighted by Crippen LogP contribution is 2.50. The molecule has 17 nitrogen and oxygen atoms in total. The Morgan fingerprint density at radius 3 is 1.71 bits per heavy atom. The minimum Gasteiger partial charge on any atom is -0.445 e. The van der Waals surface area contributed by atoms with Crippen molar-refractivity contribution in [2.24, 2.45) is 5.92 Å². The molecule has 6 amide bonds. The van der Waals surface area contributed by atoms with Crippen molar-refractivity contribution in [3.8, 4) is 0 Å². The van der Waals surface area contributed by atoms with Crippen molar-refractivity contribution in [2.75, 3.05) is 19.6 Å². The number of likely N-dealkylation sites (tertiary alicyclic amines) is 1. The zero-order valence-electron chi connectivity index (χ0n) is 36.9. The lowest BCUT2D eigenvalue weighted by molar-refractivity contribution is -0.794. The van der Waals surface area contributed by atoms with Gasteiger partial charge in [-0.1, -0.05) is 97.4 Å². The number of nitrogens with one attached hydrogen (secondary N) is 4. The van der Waals surface area contributed by atoms with Crippen LogP contribution in [-0.2, 0) is 52.6 Å². The molecule has 65 heavy (non-hydrogen) atoms. The second-order valence-electron chi connectivity index (χ2n) is 16.7. The number of carbonyl (C=O) groups is 6. The molecule has 1 heterocycles. The van der Waals surface area contributed by atoms with Crippen LogP contribution in [0.15, 0.2) is 91.0 Å². The topological polar surface area (TPSA) is 236 Å². The first-order chi connectivity index (χ1) is 31.3. The number of quaternary nitrogens is 1. The highest BCUT2D eigenvalue weighted by Gasteiger charge is 2.56.